The molecule has 1 aromatic rings. The highest BCUT2D eigenvalue weighted by Gasteiger charge is 2.07. The smallest absolute Gasteiger partial charge is 0.195 e. The van der Waals surface area contributed by atoms with Crippen molar-refractivity contribution in [2.45, 2.75) is 13.5 Å². The topological polar surface area (TPSA) is 36.7 Å². The van der Waals surface area contributed by atoms with Crippen molar-refractivity contribution in [2.75, 3.05) is 34.7 Å². The number of hydrogen-bond acceptors (Lipinski definition) is 2. The SMILES string of the molecule is CC(CN=C(N(C)C)N(C)C)Cn1cccn1.I. The number of nitrogens with zero attached hydrogens (tertiary/aromatic N) is 5. The van der Waals surface area contributed by atoms with Crippen LogP contribution in [0.2, 0.25) is 0 Å². The lowest BCUT2D eigenvalue weighted by atomic mass is 10.2. The van der Waals surface area contributed by atoms with Crippen molar-refractivity contribution < 1.29 is 0 Å². The lowest BCUT2D eigenvalue weighted by Gasteiger charge is -2.23. The molecule has 104 valence electrons. The number of guanidine groups is 1. The molecule has 0 saturated carbocycles. The van der Waals surface area contributed by atoms with E-state index in [-0.39, 0.29) is 24.0 Å². The molecule has 0 saturated heterocycles. The van der Waals surface area contributed by atoms with E-state index in [0.717, 1.165) is 19.0 Å². The van der Waals surface area contributed by atoms with Crippen LogP contribution in [0.4, 0.5) is 0 Å². The third-order valence-corrected chi connectivity index (χ3v) is 2.40. The summed E-state index contributed by atoms with van der Waals surface area (Å²) >= 11 is 0. The summed E-state index contributed by atoms with van der Waals surface area (Å²) in [7, 11) is 8.04. The van der Waals surface area contributed by atoms with Crippen molar-refractivity contribution in [3.05, 3.63) is 18.5 Å². The predicted octanol–water partition coefficient (Wildman–Crippen LogP) is 1.62. The van der Waals surface area contributed by atoms with Crippen molar-refractivity contribution in [3.8, 4) is 0 Å². The third-order valence-electron chi connectivity index (χ3n) is 2.40. The standard InChI is InChI=1S/C12H23N5.HI/c1-11(10-17-8-6-7-14-17)9-13-12(15(2)3)16(4)5;/h6-8,11H,9-10H2,1-5H3;1H. The van der Waals surface area contributed by atoms with Gasteiger partial charge in [0.05, 0.1) is 0 Å². The number of aliphatic imine (C=N–C) groups is 1. The van der Waals surface area contributed by atoms with Crippen molar-refractivity contribution in [2.24, 2.45) is 10.9 Å². The third kappa shape index (κ3) is 5.70. The fourth-order valence-corrected chi connectivity index (χ4v) is 1.71. The summed E-state index contributed by atoms with van der Waals surface area (Å²) in [4.78, 5) is 8.69. The predicted molar refractivity (Wildman–Crippen MR) is 86.5 cm³/mol. The fraction of sp³-hybridized carbons (Fsp3) is 0.667. The van der Waals surface area contributed by atoms with Crippen LogP contribution in [-0.4, -0.2) is 60.3 Å². The van der Waals surface area contributed by atoms with Crippen LogP contribution in [0.1, 0.15) is 6.92 Å². The summed E-state index contributed by atoms with van der Waals surface area (Å²) < 4.78 is 1.95. The molecule has 0 N–H and O–H groups in total. The maximum absolute atomic E-state index is 4.63. The van der Waals surface area contributed by atoms with Crippen LogP contribution in [-0.2, 0) is 6.54 Å². The highest BCUT2D eigenvalue weighted by Crippen LogP contribution is 2.01. The highest BCUT2D eigenvalue weighted by molar-refractivity contribution is 14.0. The lowest BCUT2D eigenvalue weighted by Crippen LogP contribution is -2.36. The van der Waals surface area contributed by atoms with Crippen molar-refractivity contribution >= 4 is 29.9 Å². The first-order valence-corrected chi connectivity index (χ1v) is 5.87. The Bertz CT molecular complexity index is 335. The van der Waals surface area contributed by atoms with Crippen LogP contribution in [0, 0.1) is 5.92 Å². The van der Waals surface area contributed by atoms with Gasteiger partial charge in [-0.2, -0.15) is 5.10 Å². The number of halogens is 1. The zero-order valence-electron chi connectivity index (χ0n) is 11.9. The summed E-state index contributed by atoms with van der Waals surface area (Å²) in [5.41, 5.74) is 0. The van der Waals surface area contributed by atoms with Gasteiger partial charge in [0.1, 0.15) is 0 Å². The van der Waals surface area contributed by atoms with E-state index in [1.807, 2.05) is 54.9 Å². The second-order valence-electron chi connectivity index (χ2n) is 4.76. The Balaban J connectivity index is 0.00000289. The molecule has 0 bridgehead atoms. The van der Waals surface area contributed by atoms with Crippen LogP contribution in [0.15, 0.2) is 23.5 Å². The van der Waals surface area contributed by atoms with E-state index in [2.05, 4.69) is 17.0 Å². The summed E-state index contributed by atoms with van der Waals surface area (Å²) in [6.07, 6.45) is 3.79. The Morgan fingerprint density at radius 3 is 2.33 bits per heavy atom. The average Bonchev–Trinajstić information content (AvgIpc) is 2.69. The zero-order chi connectivity index (χ0) is 12.8. The minimum Gasteiger partial charge on any atom is -0.349 e. The molecule has 6 heteroatoms. The van der Waals surface area contributed by atoms with Gasteiger partial charge in [-0.3, -0.25) is 9.67 Å². The first-order valence-electron chi connectivity index (χ1n) is 5.87. The molecule has 0 spiro atoms. The van der Waals surface area contributed by atoms with Gasteiger partial charge in [0.2, 0.25) is 0 Å². The molecule has 1 rings (SSSR count). The van der Waals surface area contributed by atoms with E-state index >= 15 is 0 Å². The van der Waals surface area contributed by atoms with Gasteiger partial charge in [-0.05, 0) is 12.0 Å². The zero-order valence-corrected chi connectivity index (χ0v) is 14.2. The molecular weight excluding hydrogens is 341 g/mol. The molecule has 0 amide bonds. The van der Waals surface area contributed by atoms with Crippen LogP contribution in [0.3, 0.4) is 0 Å². The Hall–Kier alpha value is -0.790. The molecule has 18 heavy (non-hydrogen) atoms. The van der Waals surface area contributed by atoms with Gasteiger partial charge in [-0.25, -0.2) is 0 Å². The maximum atomic E-state index is 4.63. The lowest BCUT2D eigenvalue weighted by molar-refractivity contribution is 0.440. The minimum atomic E-state index is 0. The number of hydrogen-bond donors (Lipinski definition) is 0. The molecule has 0 fully saturated rings. The molecule has 1 heterocycles. The molecule has 0 aliphatic carbocycles. The van der Waals surface area contributed by atoms with Crippen molar-refractivity contribution in [3.63, 3.8) is 0 Å². The van der Waals surface area contributed by atoms with E-state index in [1.54, 1.807) is 6.20 Å². The Morgan fingerprint density at radius 2 is 1.89 bits per heavy atom. The highest BCUT2D eigenvalue weighted by atomic mass is 127. The van der Waals surface area contributed by atoms with Gasteiger partial charge < -0.3 is 9.80 Å². The molecule has 0 aliphatic heterocycles. The van der Waals surface area contributed by atoms with Crippen LogP contribution in [0.5, 0.6) is 0 Å². The van der Waals surface area contributed by atoms with Gasteiger partial charge in [-0.15, -0.1) is 24.0 Å². The van der Waals surface area contributed by atoms with E-state index < -0.39 is 0 Å². The van der Waals surface area contributed by atoms with Crippen LogP contribution in [0.25, 0.3) is 0 Å². The summed E-state index contributed by atoms with van der Waals surface area (Å²) in [5.74, 6) is 1.47. The summed E-state index contributed by atoms with van der Waals surface area (Å²) in [6, 6.07) is 1.95. The Morgan fingerprint density at radius 1 is 1.28 bits per heavy atom. The van der Waals surface area contributed by atoms with Crippen LogP contribution < -0.4 is 0 Å². The van der Waals surface area contributed by atoms with Gasteiger partial charge >= 0.3 is 0 Å². The number of aromatic nitrogens is 2. The average molecular weight is 365 g/mol. The first-order chi connectivity index (χ1) is 8.00. The Labute approximate surface area is 127 Å². The van der Waals surface area contributed by atoms with Crippen molar-refractivity contribution in [1.29, 1.82) is 0 Å². The van der Waals surface area contributed by atoms with Crippen LogP contribution >= 0.6 is 24.0 Å². The second-order valence-corrected chi connectivity index (χ2v) is 4.76. The van der Waals surface area contributed by atoms with Crippen molar-refractivity contribution in [1.82, 2.24) is 19.6 Å². The molecule has 0 radical (unpaired) electrons. The van der Waals surface area contributed by atoms with Gasteiger partial charge in [0.25, 0.3) is 0 Å². The fourth-order valence-electron chi connectivity index (χ4n) is 1.71. The molecule has 0 aliphatic rings. The quantitative estimate of drug-likeness (QED) is 0.462. The molecule has 1 aromatic heterocycles. The van der Waals surface area contributed by atoms with E-state index in [1.165, 1.54) is 0 Å². The minimum absolute atomic E-state index is 0. The van der Waals surface area contributed by atoms with Gasteiger partial charge in [0.15, 0.2) is 5.96 Å². The largest absolute Gasteiger partial charge is 0.349 e. The van der Waals surface area contributed by atoms with E-state index in [4.69, 9.17) is 0 Å². The van der Waals surface area contributed by atoms with E-state index in [0.29, 0.717) is 5.92 Å². The molecular formula is C12H24IN5. The van der Waals surface area contributed by atoms with Gasteiger partial charge in [-0.1, -0.05) is 6.92 Å². The molecule has 1 atom stereocenters. The summed E-state index contributed by atoms with van der Waals surface area (Å²) in [6.45, 7) is 3.91. The molecule has 0 aromatic carbocycles. The second kappa shape index (κ2) is 8.34. The normalized spacial score (nSPS) is 11.4. The monoisotopic (exact) mass is 365 g/mol. The first kappa shape index (κ1) is 17.2. The maximum Gasteiger partial charge on any atom is 0.195 e. The van der Waals surface area contributed by atoms with E-state index in [9.17, 15) is 0 Å². The Kier molecular flexibility index (Phi) is 7.97. The molecule has 1 unspecified atom stereocenters. The van der Waals surface area contributed by atoms with Gasteiger partial charge in [0, 0.05) is 53.7 Å². The molecule has 5 nitrogen and oxygen atoms in total. The number of rotatable bonds is 4. The summed E-state index contributed by atoms with van der Waals surface area (Å²) in [5, 5.41) is 4.20.